The zero-order valence-electron chi connectivity index (χ0n) is 12.3. The van der Waals surface area contributed by atoms with Crippen molar-refractivity contribution in [3.05, 3.63) is 0 Å². The van der Waals surface area contributed by atoms with Gasteiger partial charge in [0.05, 0.1) is 6.54 Å². The molecule has 21 heavy (non-hydrogen) atoms. The molecule has 0 bridgehead atoms. The van der Waals surface area contributed by atoms with Gasteiger partial charge in [0.1, 0.15) is 0 Å². The number of amides is 1. The lowest BCUT2D eigenvalue weighted by molar-refractivity contribution is -0.119. The maximum atomic E-state index is 11.7. The van der Waals surface area contributed by atoms with Crippen molar-refractivity contribution in [1.82, 2.24) is 20.3 Å². The number of hydrogen-bond acceptors (Lipinski definition) is 7. The number of aromatic nitrogens is 3. The van der Waals surface area contributed by atoms with Crippen LogP contribution in [-0.4, -0.2) is 60.6 Å². The molecular weight excluding hydrogens is 270 g/mol. The lowest BCUT2D eigenvalue weighted by Crippen LogP contribution is -2.34. The number of anilines is 3. The van der Waals surface area contributed by atoms with Gasteiger partial charge in [0.15, 0.2) is 0 Å². The van der Waals surface area contributed by atoms with E-state index in [0.717, 1.165) is 26.1 Å². The molecule has 0 unspecified atom stereocenters. The van der Waals surface area contributed by atoms with Gasteiger partial charge < -0.3 is 20.4 Å². The highest BCUT2D eigenvalue weighted by Crippen LogP contribution is 2.20. The summed E-state index contributed by atoms with van der Waals surface area (Å²) in [5.74, 6) is 1.84. The van der Waals surface area contributed by atoms with E-state index in [1.54, 1.807) is 7.05 Å². The first kappa shape index (κ1) is 13.8. The van der Waals surface area contributed by atoms with E-state index in [1.165, 1.54) is 12.8 Å². The molecule has 0 spiro atoms. The number of hydrogen-bond donors (Lipinski definition) is 2. The van der Waals surface area contributed by atoms with Crippen LogP contribution < -0.4 is 20.4 Å². The summed E-state index contributed by atoms with van der Waals surface area (Å²) in [5, 5.41) is 5.85. The van der Waals surface area contributed by atoms with Crippen LogP contribution in [0.25, 0.3) is 0 Å². The van der Waals surface area contributed by atoms with Gasteiger partial charge in [-0.1, -0.05) is 0 Å². The standard InChI is InChI=1S/C13H21N7O/c1-14-11-16-12(19-6-2-3-7-19)18-13(17-11)20-8-4-5-15-10(21)9-20/h2-9H2,1H3,(H,15,21)(H,14,16,17,18). The van der Waals surface area contributed by atoms with Gasteiger partial charge >= 0.3 is 0 Å². The van der Waals surface area contributed by atoms with Crippen molar-refractivity contribution in [3.8, 4) is 0 Å². The van der Waals surface area contributed by atoms with Crippen LogP contribution in [0.5, 0.6) is 0 Å². The van der Waals surface area contributed by atoms with Crippen LogP contribution in [0.3, 0.4) is 0 Å². The van der Waals surface area contributed by atoms with Crippen molar-refractivity contribution in [2.75, 3.05) is 54.9 Å². The highest BCUT2D eigenvalue weighted by Gasteiger charge is 2.22. The molecule has 0 radical (unpaired) electrons. The molecule has 3 heterocycles. The Kier molecular flexibility index (Phi) is 4.03. The fraction of sp³-hybridized carbons (Fsp3) is 0.692. The first-order valence-electron chi connectivity index (χ1n) is 7.46. The van der Waals surface area contributed by atoms with Crippen LogP contribution in [0.2, 0.25) is 0 Å². The fourth-order valence-electron chi connectivity index (χ4n) is 2.64. The largest absolute Gasteiger partial charge is 0.357 e. The molecule has 0 aliphatic carbocycles. The van der Waals surface area contributed by atoms with E-state index in [4.69, 9.17) is 0 Å². The second-order valence-electron chi connectivity index (χ2n) is 5.33. The number of carbonyl (C=O) groups is 1. The third-order valence-electron chi connectivity index (χ3n) is 3.77. The van der Waals surface area contributed by atoms with E-state index in [0.29, 0.717) is 30.9 Å². The number of nitrogens with zero attached hydrogens (tertiary/aromatic N) is 5. The quantitative estimate of drug-likeness (QED) is 0.800. The third-order valence-corrected chi connectivity index (χ3v) is 3.77. The smallest absolute Gasteiger partial charge is 0.239 e. The molecule has 8 heteroatoms. The van der Waals surface area contributed by atoms with Gasteiger partial charge in [0.2, 0.25) is 23.8 Å². The third kappa shape index (κ3) is 3.14. The Morgan fingerprint density at radius 3 is 2.38 bits per heavy atom. The molecule has 2 N–H and O–H groups in total. The highest BCUT2D eigenvalue weighted by molar-refractivity contribution is 5.81. The molecule has 0 saturated carbocycles. The summed E-state index contributed by atoms with van der Waals surface area (Å²) in [6.07, 6.45) is 3.23. The molecule has 3 rings (SSSR count). The van der Waals surface area contributed by atoms with Crippen LogP contribution in [0.15, 0.2) is 0 Å². The van der Waals surface area contributed by atoms with E-state index in [-0.39, 0.29) is 5.91 Å². The summed E-state index contributed by atoms with van der Waals surface area (Å²) in [6, 6.07) is 0. The molecule has 0 aromatic carbocycles. The second kappa shape index (κ2) is 6.11. The molecule has 114 valence electrons. The van der Waals surface area contributed by atoms with Gasteiger partial charge in [0.25, 0.3) is 0 Å². The van der Waals surface area contributed by atoms with E-state index in [2.05, 4.69) is 30.5 Å². The first-order chi connectivity index (χ1) is 10.3. The lowest BCUT2D eigenvalue weighted by Gasteiger charge is -2.22. The molecule has 2 saturated heterocycles. The zero-order valence-corrected chi connectivity index (χ0v) is 12.3. The predicted octanol–water partition coefficient (Wildman–Crippen LogP) is -0.160. The molecule has 1 aromatic heterocycles. The van der Waals surface area contributed by atoms with Crippen molar-refractivity contribution < 1.29 is 4.79 Å². The van der Waals surface area contributed by atoms with Crippen molar-refractivity contribution in [3.63, 3.8) is 0 Å². The Hall–Kier alpha value is -2.12. The van der Waals surface area contributed by atoms with Crippen molar-refractivity contribution >= 4 is 23.8 Å². The van der Waals surface area contributed by atoms with Crippen molar-refractivity contribution in [1.29, 1.82) is 0 Å². The Labute approximate surface area is 124 Å². The minimum atomic E-state index is 0.0154. The normalized spacial score (nSPS) is 19.4. The summed E-state index contributed by atoms with van der Waals surface area (Å²) in [6.45, 7) is 3.73. The average Bonchev–Trinajstić information content (AvgIpc) is 2.96. The molecule has 0 atom stereocenters. The molecule has 2 aliphatic heterocycles. The topological polar surface area (TPSA) is 86.3 Å². The molecule has 1 aromatic rings. The Bertz CT molecular complexity index is 515. The predicted molar refractivity (Wildman–Crippen MR) is 80.7 cm³/mol. The van der Waals surface area contributed by atoms with Gasteiger partial charge in [-0.15, -0.1) is 0 Å². The highest BCUT2D eigenvalue weighted by atomic mass is 16.2. The second-order valence-corrected chi connectivity index (χ2v) is 5.33. The lowest BCUT2D eigenvalue weighted by atomic mass is 10.4. The monoisotopic (exact) mass is 291 g/mol. The van der Waals surface area contributed by atoms with E-state index in [9.17, 15) is 4.79 Å². The van der Waals surface area contributed by atoms with E-state index in [1.807, 2.05) is 4.90 Å². The molecule has 8 nitrogen and oxygen atoms in total. The summed E-state index contributed by atoms with van der Waals surface area (Å²) < 4.78 is 0. The van der Waals surface area contributed by atoms with Crippen LogP contribution in [-0.2, 0) is 4.79 Å². The number of carbonyl (C=O) groups excluding carboxylic acids is 1. The maximum absolute atomic E-state index is 11.7. The minimum absolute atomic E-state index is 0.0154. The van der Waals surface area contributed by atoms with Crippen molar-refractivity contribution in [2.24, 2.45) is 0 Å². The maximum Gasteiger partial charge on any atom is 0.239 e. The van der Waals surface area contributed by atoms with Crippen molar-refractivity contribution in [2.45, 2.75) is 19.3 Å². The molecule has 1 amide bonds. The van der Waals surface area contributed by atoms with Crippen LogP contribution in [0, 0.1) is 0 Å². The number of rotatable bonds is 3. The summed E-state index contributed by atoms with van der Waals surface area (Å²) in [5.41, 5.74) is 0. The van der Waals surface area contributed by atoms with Crippen LogP contribution in [0.1, 0.15) is 19.3 Å². The van der Waals surface area contributed by atoms with Crippen LogP contribution in [0.4, 0.5) is 17.8 Å². The van der Waals surface area contributed by atoms with E-state index < -0.39 is 0 Å². The molecule has 2 aliphatic rings. The molecule has 2 fully saturated rings. The van der Waals surface area contributed by atoms with Crippen LogP contribution >= 0.6 is 0 Å². The summed E-state index contributed by atoms with van der Waals surface area (Å²) in [4.78, 5) is 29.2. The average molecular weight is 291 g/mol. The van der Waals surface area contributed by atoms with Gasteiger partial charge in [-0.05, 0) is 19.3 Å². The number of nitrogens with one attached hydrogen (secondary N) is 2. The zero-order chi connectivity index (χ0) is 14.7. The van der Waals surface area contributed by atoms with Gasteiger partial charge in [-0.2, -0.15) is 15.0 Å². The van der Waals surface area contributed by atoms with E-state index >= 15 is 0 Å². The first-order valence-corrected chi connectivity index (χ1v) is 7.46. The van der Waals surface area contributed by atoms with Gasteiger partial charge in [-0.3, -0.25) is 4.79 Å². The fourth-order valence-corrected chi connectivity index (χ4v) is 2.64. The summed E-state index contributed by atoms with van der Waals surface area (Å²) in [7, 11) is 1.79. The minimum Gasteiger partial charge on any atom is -0.357 e. The Balaban J connectivity index is 1.89. The Morgan fingerprint density at radius 1 is 1.00 bits per heavy atom. The van der Waals surface area contributed by atoms with Gasteiger partial charge in [-0.25, -0.2) is 0 Å². The Morgan fingerprint density at radius 2 is 1.67 bits per heavy atom. The van der Waals surface area contributed by atoms with Gasteiger partial charge in [0, 0.05) is 33.2 Å². The SMILES string of the molecule is CNc1nc(N2CCCC2)nc(N2CCCNC(=O)C2)n1. The summed E-state index contributed by atoms with van der Waals surface area (Å²) >= 11 is 0. The molecular formula is C13H21N7O.